The van der Waals surface area contributed by atoms with E-state index < -0.39 is 6.60 Å². The summed E-state index contributed by atoms with van der Waals surface area (Å²) in [6.07, 6.45) is 28.4. The van der Waals surface area contributed by atoms with E-state index in [0.717, 1.165) is 22.6 Å². The molecule has 0 bridgehead atoms. The van der Waals surface area contributed by atoms with Gasteiger partial charge >= 0.3 is 168 Å². The molecule has 0 amide bonds. The third-order valence-corrected chi connectivity index (χ3v) is 19.2. The number of carbonyl (C=O) groups excluding carboxylic acids is 1. The van der Waals surface area contributed by atoms with Crippen molar-refractivity contribution < 1.29 is 4.79 Å². The molecule has 4 saturated carbocycles. The molecule has 156 valence electrons. The van der Waals surface area contributed by atoms with Crippen molar-refractivity contribution in [1.29, 1.82) is 0 Å². The molecule has 0 radical (unpaired) electrons. The molecule has 4 fully saturated rings. The molecule has 4 aliphatic carbocycles. The molecule has 4 rings (SSSR count). The Hall–Kier alpha value is 0.100. The van der Waals surface area contributed by atoms with Gasteiger partial charge in [-0.25, -0.2) is 0 Å². The minimum absolute atomic E-state index is 0.830. The predicted molar refractivity (Wildman–Crippen MR) is 121 cm³/mol. The second-order valence-corrected chi connectivity index (χ2v) is 16.9. The van der Waals surface area contributed by atoms with E-state index in [9.17, 15) is 4.79 Å². The molecular weight excluding hydrogens is 347 g/mol. The van der Waals surface area contributed by atoms with Gasteiger partial charge in [-0.1, -0.05) is 0 Å². The van der Waals surface area contributed by atoms with E-state index in [1.54, 1.807) is 0 Å². The minimum atomic E-state index is -2.41. The van der Waals surface area contributed by atoms with Crippen LogP contribution in [-0.2, 0) is 4.79 Å². The first-order valence-corrected chi connectivity index (χ1v) is 15.4. The van der Waals surface area contributed by atoms with Crippen LogP contribution >= 0.6 is 6.60 Å². The Morgan fingerprint density at radius 2 is 0.630 bits per heavy atom. The first-order valence-electron chi connectivity index (χ1n) is 12.8. The molecule has 1 nitrogen and oxygen atoms in total. The fourth-order valence-corrected chi connectivity index (χ4v) is 19.3. The Bertz CT molecular complexity index is 393. The van der Waals surface area contributed by atoms with Crippen molar-refractivity contribution in [3.63, 3.8) is 0 Å². The molecule has 0 aromatic heterocycles. The summed E-state index contributed by atoms with van der Waals surface area (Å²) in [6, 6.07) is 1.85. The summed E-state index contributed by atoms with van der Waals surface area (Å²) >= 11 is 0. The van der Waals surface area contributed by atoms with Gasteiger partial charge in [0.1, 0.15) is 0 Å². The summed E-state index contributed by atoms with van der Waals surface area (Å²) in [6.45, 7) is -2.41. The number of hydrogen-bond donors (Lipinski definition) is 0. The molecule has 0 unspecified atom stereocenters. The van der Waals surface area contributed by atoms with Crippen LogP contribution in [0.4, 0.5) is 0 Å². The van der Waals surface area contributed by atoms with Crippen molar-refractivity contribution in [3.05, 3.63) is 0 Å². The van der Waals surface area contributed by atoms with Crippen LogP contribution in [0.25, 0.3) is 0 Å². The molecule has 0 aromatic carbocycles. The zero-order valence-electron chi connectivity index (χ0n) is 17.9. The quantitative estimate of drug-likeness (QED) is 0.341. The van der Waals surface area contributed by atoms with Gasteiger partial charge < -0.3 is 0 Å². The summed E-state index contributed by atoms with van der Waals surface area (Å²) in [4.78, 5) is 13.8. The average Bonchev–Trinajstić information content (AvgIpc) is 2.78. The fourth-order valence-electron chi connectivity index (χ4n) is 8.84. The third kappa shape index (κ3) is 3.27. The summed E-state index contributed by atoms with van der Waals surface area (Å²) in [5.41, 5.74) is 3.32. The summed E-state index contributed by atoms with van der Waals surface area (Å²) in [5, 5.41) is 0. The van der Waals surface area contributed by atoms with Crippen LogP contribution in [-0.4, -0.2) is 28.7 Å². The zero-order valence-corrected chi connectivity index (χ0v) is 18.8. The van der Waals surface area contributed by atoms with Gasteiger partial charge in [0.05, 0.1) is 0 Å². The Labute approximate surface area is 168 Å². The number of rotatable bonds is 5. The van der Waals surface area contributed by atoms with Crippen LogP contribution in [0.3, 0.4) is 0 Å². The first kappa shape index (κ1) is 20.4. The van der Waals surface area contributed by atoms with Crippen molar-refractivity contribution in [2.45, 2.75) is 151 Å². The van der Waals surface area contributed by atoms with Crippen LogP contribution in [0.2, 0.25) is 0 Å². The van der Waals surface area contributed by atoms with Crippen molar-refractivity contribution in [2.24, 2.45) is 0 Å². The summed E-state index contributed by atoms with van der Waals surface area (Å²) < 4.78 is 0. The normalized spacial score (nSPS) is 29.9. The van der Waals surface area contributed by atoms with E-state index in [1.165, 1.54) is 128 Å². The van der Waals surface area contributed by atoms with E-state index in [0.29, 0.717) is 0 Å². The second-order valence-electron chi connectivity index (χ2n) is 10.8. The number of carbonyl (C=O) groups is 1. The van der Waals surface area contributed by atoms with E-state index in [2.05, 4.69) is 0 Å². The van der Waals surface area contributed by atoms with E-state index >= 15 is 0 Å². The topological polar surface area (TPSA) is 17.1 Å². The Morgan fingerprint density at radius 1 is 0.407 bits per heavy atom. The maximum atomic E-state index is 13.8. The van der Waals surface area contributed by atoms with Gasteiger partial charge in [0.2, 0.25) is 0 Å². The first-order chi connectivity index (χ1) is 13.3. The molecule has 0 aliphatic heterocycles. The molecule has 0 heterocycles. The third-order valence-electron chi connectivity index (χ3n) is 9.92. The summed E-state index contributed by atoms with van der Waals surface area (Å²) in [5.74, 6) is 0. The molecule has 0 saturated heterocycles. The SMILES string of the molecule is O=CP(C1CCCCC1)(C1CCCCC1)(C1CCCCC1)C1CCCCC1. The van der Waals surface area contributed by atoms with Crippen molar-refractivity contribution in [2.75, 3.05) is 0 Å². The van der Waals surface area contributed by atoms with Gasteiger partial charge in [0, 0.05) is 0 Å². The van der Waals surface area contributed by atoms with Crippen LogP contribution in [0.15, 0.2) is 0 Å². The molecule has 2 heteroatoms. The van der Waals surface area contributed by atoms with Crippen molar-refractivity contribution in [3.8, 4) is 0 Å². The molecule has 0 atom stereocenters. The van der Waals surface area contributed by atoms with Gasteiger partial charge in [-0.15, -0.1) is 0 Å². The van der Waals surface area contributed by atoms with Crippen molar-refractivity contribution >= 4 is 12.6 Å². The van der Waals surface area contributed by atoms with E-state index in [-0.39, 0.29) is 0 Å². The monoisotopic (exact) mass is 392 g/mol. The van der Waals surface area contributed by atoms with Gasteiger partial charge in [-0.2, -0.15) is 0 Å². The van der Waals surface area contributed by atoms with Crippen LogP contribution < -0.4 is 0 Å². The van der Waals surface area contributed by atoms with Crippen LogP contribution in [0.5, 0.6) is 0 Å². The standard InChI is InChI=1S/C25H45OP/c26-21-27(22-13-5-1-6-14-22,23-15-7-2-8-16-23,24-17-9-3-10-18-24)25-19-11-4-12-20-25/h21-25H,1-20H2. The van der Waals surface area contributed by atoms with Gasteiger partial charge in [-0.05, 0) is 0 Å². The van der Waals surface area contributed by atoms with Crippen LogP contribution in [0, 0.1) is 0 Å². The zero-order chi connectivity index (χ0) is 18.6. The molecule has 27 heavy (non-hydrogen) atoms. The van der Waals surface area contributed by atoms with Gasteiger partial charge in [-0.3, -0.25) is 0 Å². The van der Waals surface area contributed by atoms with Crippen LogP contribution in [0.1, 0.15) is 128 Å². The van der Waals surface area contributed by atoms with Crippen molar-refractivity contribution in [1.82, 2.24) is 0 Å². The molecule has 0 aromatic rings. The Balaban J connectivity index is 1.85. The van der Waals surface area contributed by atoms with Gasteiger partial charge in [0.15, 0.2) is 0 Å². The van der Waals surface area contributed by atoms with E-state index in [1.807, 2.05) is 6.03 Å². The molecule has 4 aliphatic rings. The summed E-state index contributed by atoms with van der Waals surface area (Å²) in [7, 11) is 0. The molecule has 0 spiro atoms. The molecule has 0 N–H and O–H groups in total. The maximum absolute atomic E-state index is 13.8. The van der Waals surface area contributed by atoms with Gasteiger partial charge in [0.25, 0.3) is 0 Å². The number of hydrogen-bond acceptors (Lipinski definition) is 1. The molecular formula is C25H45OP. The predicted octanol–water partition coefficient (Wildman–Crippen LogP) is 8.06. The fraction of sp³-hybridized carbons (Fsp3) is 0.960. The Morgan fingerprint density at radius 3 is 0.815 bits per heavy atom. The second kappa shape index (κ2) is 8.85. The Kier molecular flexibility index (Phi) is 6.68. The van der Waals surface area contributed by atoms with E-state index in [4.69, 9.17) is 0 Å². The average molecular weight is 393 g/mol.